The monoisotopic (exact) mass is 313 g/mol. The van der Waals surface area contributed by atoms with E-state index >= 15 is 0 Å². The number of nitrogens with zero attached hydrogens (tertiary/aromatic N) is 5. The minimum absolute atomic E-state index is 0.317. The number of rotatable bonds is 3. The second-order valence-electron chi connectivity index (χ2n) is 5.74. The number of hydrogen-bond donors (Lipinski definition) is 0. The van der Waals surface area contributed by atoms with Gasteiger partial charge in [0.2, 0.25) is 0 Å². The third kappa shape index (κ3) is 2.28. The van der Waals surface area contributed by atoms with Crippen molar-refractivity contribution in [2.24, 2.45) is 12.2 Å². The molecule has 0 saturated carbocycles. The lowest BCUT2D eigenvalue weighted by Crippen LogP contribution is -1.91. The number of hydrogen-bond acceptors (Lipinski definition) is 2. The molecule has 0 fully saturated rings. The Balaban J connectivity index is 2.00. The molecule has 0 aliphatic heterocycles. The third-order valence-electron chi connectivity index (χ3n) is 4.28. The van der Waals surface area contributed by atoms with Crippen LogP contribution in [0.15, 0.2) is 65.9 Å². The number of para-hydroxylation sites is 2. The molecule has 24 heavy (non-hydrogen) atoms. The predicted molar refractivity (Wildman–Crippen MR) is 96.5 cm³/mol. The van der Waals surface area contributed by atoms with Crippen LogP contribution in [-0.2, 0) is 13.6 Å². The summed E-state index contributed by atoms with van der Waals surface area (Å²) in [5.41, 5.74) is 13.7. The number of aromatic nitrogens is 2. The van der Waals surface area contributed by atoms with E-state index in [4.69, 9.17) is 10.5 Å². The average molecular weight is 313 g/mol. The summed E-state index contributed by atoms with van der Waals surface area (Å²) in [6, 6.07) is 18.2. The minimum Gasteiger partial charge on any atom is -0.350 e. The van der Waals surface area contributed by atoms with E-state index in [1.54, 1.807) is 0 Å². The van der Waals surface area contributed by atoms with Crippen LogP contribution in [0.3, 0.4) is 0 Å². The number of benzene rings is 2. The highest BCUT2D eigenvalue weighted by Gasteiger charge is 2.12. The van der Waals surface area contributed by atoms with Crippen LogP contribution < -0.4 is 0 Å². The lowest BCUT2D eigenvalue weighted by atomic mass is 10.0. The standard InChI is InChI=1S/C19H15N5/c1-24-12-16(15-7-3-5-9-19(15)24)18-10-13(11-21-23-20)14-6-2-4-8-17(14)22-18/h2-10,12H,11H2,1H3. The highest BCUT2D eigenvalue weighted by Crippen LogP contribution is 2.31. The molecule has 0 N–H and O–H groups in total. The lowest BCUT2D eigenvalue weighted by molar-refractivity contribution is 0.969. The van der Waals surface area contributed by atoms with Gasteiger partial charge in [-0.1, -0.05) is 41.5 Å². The molecule has 0 spiro atoms. The van der Waals surface area contributed by atoms with Crippen molar-refractivity contribution in [3.05, 3.63) is 76.8 Å². The molecule has 2 aromatic heterocycles. The van der Waals surface area contributed by atoms with Gasteiger partial charge >= 0.3 is 0 Å². The molecule has 2 heterocycles. The van der Waals surface area contributed by atoms with E-state index in [1.165, 1.54) is 5.52 Å². The van der Waals surface area contributed by atoms with Crippen molar-refractivity contribution in [3.8, 4) is 11.3 Å². The first-order valence-electron chi connectivity index (χ1n) is 7.72. The van der Waals surface area contributed by atoms with E-state index in [0.717, 1.165) is 33.1 Å². The first-order chi connectivity index (χ1) is 11.8. The summed E-state index contributed by atoms with van der Waals surface area (Å²) in [5, 5.41) is 5.93. The van der Waals surface area contributed by atoms with Gasteiger partial charge in [-0.15, -0.1) is 0 Å². The van der Waals surface area contributed by atoms with Crippen molar-refractivity contribution in [2.75, 3.05) is 0 Å². The maximum absolute atomic E-state index is 8.67. The topological polar surface area (TPSA) is 66.6 Å². The molecular weight excluding hydrogens is 298 g/mol. The van der Waals surface area contributed by atoms with Gasteiger partial charge in [-0.2, -0.15) is 0 Å². The van der Waals surface area contributed by atoms with Gasteiger partial charge in [0.1, 0.15) is 0 Å². The fourth-order valence-corrected chi connectivity index (χ4v) is 3.17. The molecule has 0 amide bonds. The summed E-state index contributed by atoms with van der Waals surface area (Å²) in [5.74, 6) is 0. The second kappa shape index (κ2) is 5.72. The van der Waals surface area contributed by atoms with Crippen LogP contribution in [0.2, 0.25) is 0 Å². The van der Waals surface area contributed by atoms with Crippen molar-refractivity contribution in [3.63, 3.8) is 0 Å². The number of pyridine rings is 1. The third-order valence-corrected chi connectivity index (χ3v) is 4.28. The zero-order valence-electron chi connectivity index (χ0n) is 13.2. The number of azide groups is 1. The molecule has 0 unspecified atom stereocenters. The molecule has 4 rings (SSSR count). The minimum atomic E-state index is 0.317. The summed E-state index contributed by atoms with van der Waals surface area (Å²) in [7, 11) is 2.04. The van der Waals surface area contributed by atoms with Crippen LogP contribution in [0.4, 0.5) is 0 Å². The predicted octanol–water partition coefficient (Wildman–Crippen LogP) is 5.20. The average Bonchev–Trinajstić information content (AvgIpc) is 2.97. The van der Waals surface area contributed by atoms with Gasteiger partial charge in [-0.3, -0.25) is 0 Å². The van der Waals surface area contributed by atoms with Crippen molar-refractivity contribution < 1.29 is 0 Å². The first kappa shape index (κ1) is 14.3. The first-order valence-corrected chi connectivity index (χ1v) is 7.72. The Bertz CT molecular complexity index is 1100. The Labute approximate surface area is 138 Å². The maximum atomic E-state index is 8.67. The molecule has 5 heteroatoms. The molecule has 0 atom stereocenters. The summed E-state index contributed by atoms with van der Waals surface area (Å²) in [6.45, 7) is 0.317. The molecule has 0 bridgehead atoms. The van der Waals surface area contributed by atoms with Crippen LogP contribution in [-0.4, -0.2) is 9.55 Å². The van der Waals surface area contributed by atoms with Gasteiger partial charge in [0.25, 0.3) is 0 Å². The zero-order valence-corrected chi connectivity index (χ0v) is 13.2. The Morgan fingerprint density at radius 2 is 1.83 bits per heavy atom. The van der Waals surface area contributed by atoms with Gasteiger partial charge in [-0.05, 0) is 29.3 Å². The molecule has 116 valence electrons. The van der Waals surface area contributed by atoms with E-state index < -0.39 is 0 Å². The van der Waals surface area contributed by atoms with Crippen LogP contribution in [0, 0.1) is 0 Å². The number of fused-ring (bicyclic) bond motifs is 2. The molecule has 2 aromatic carbocycles. The Morgan fingerprint density at radius 3 is 2.67 bits per heavy atom. The second-order valence-corrected chi connectivity index (χ2v) is 5.74. The summed E-state index contributed by atoms with van der Waals surface area (Å²) >= 11 is 0. The van der Waals surface area contributed by atoms with Crippen molar-refractivity contribution in [1.82, 2.24) is 9.55 Å². The van der Waals surface area contributed by atoms with Gasteiger partial charge < -0.3 is 4.57 Å². The van der Waals surface area contributed by atoms with Crippen molar-refractivity contribution in [1.29, 1.82) is 0 Å². The highest BCUT2D eigenvalue weighted by atomic mass is 15.1. The normalized spacial score (nSPS) is 10.9. The molecule has 5 nitrogen and oxygen atoms in total. The molecule has 0 saturated heterocycles. The summed E-state index contributed by atoms with van der Waals surface area (Å²) in [4.78, 5) is 7.72. The van der Waals surface area contributed by atoms with E-state index in [2.05, 4.69) is 32.9 Å². The van der Waals surface area contributed by atoms with Gasteiger partial charge in [0.15, 0.2) is 0 Å². The fourth-order valence-electron chi connectivity index (χ4n) is 3.17. The van der Waals surface area contributed by atoms with Gasteiger partial charge in [0.05, 0.1) is 17.8 Å². The lowest BCUT2D eigenvalue weighted by Gasteiger charge is -2.07. The zero-order chi connectivity index (χ0) is 16.5. The van der Waals surface area contributed by atoms with E-state index in [9.17, 15) is 0 Å². The van der Waals surface area contributed by atoms with Crippen LogP contribution >= 0.6 is 0 Å². The van der Waals surface area contributed by atoms with Crippen LogP contribution in [0.5, 0.6) is 0 Å². The Kier molecular flexibility index (Phi) is 3.41. The van der Waals surface area contributed by atoms with Crippen molar-refractivity contribution in [2.45, 2.75) is 6.54 Å². The fraction of sp³-hybridized carbons (Fsp3) is 0.105. The van der Waals surface area contributed by atoms with Crippen LogP contribution in [0.25, 0.3) is 43.5 Å². The summed E-state index contributed by atoms with van der Waals surface area (Å²) in [6.07, 6.45) is 2.10. The molecule has 0 aliphatic carbocycles. The number of aryl methyl sites for hydroxylation is 1. The van der Waals surface area contributed by atoms with Gasteiger partial charge in [0, 0.05) is 40.0 Å². The maximum Gasteiger partial charge on any atom is 0.0734 e. The Morgan fingerprint density at radius 1 is 1.08 bits per heavy atom. The molecular formula is C19H15N5. The Hall–Kier alpha value is -3.30. The van der Waals surface area contributed by atoms with Crippen molar-refractivity contribution >= 4 is 21.8 Å². The molecule has 4 aromatic rings. The highest BCUT2D eigenvalue weighted by molar-refractivity contribution is 5.97. The largest absolute Gasteiger partial charge is 0.350 e. The SMILES string of the molecule is Cn1cc(-c2cc(CN=[N+]=[N-])c3ccccc3n2)c2ccccc21. The van der Waals surface area contributed by atoms with E-state index in [0.29, 0.717) is 6.54 Å². The smallest absolute Gasteiger partial charge is 0.0734 e. The quantitative estimate of drug-likeness (QED) is 0.291. The van der Waals surface area contributed by atoms with Gasteiger partial charge in [-0.25, -0.2) is 4.98 Å². The molecule has 0 aliphatic rings. The van der Waals surface area contributed by atoms with E-state index in [-0.39, 0.29) is 0 Å². The van der Waals surface area contributed by atoms with Crippen LogP contribution in [0.1, 0.15) is 5.56 Å². The van der Waals surface area contributed by atoms with E-state index in [1.807, 2.05) is 49.5 Å². The summed E-state index contributed by atoms with van der Waals surface area (Å²) < 4.78 is 2.11. The molecule has 0 radical (unpaired) electrons.